The molecular weight excluding hydrogens is 428 g/mol. The van der Waals surface area contributed by atoms with Gasteiger partial charge in [0, 0.05) is 11.8 Å². The Morgan fingerprint density at radius 1 is 0.765 bits per heavy atom. The quantitative estimate of drug-likeness (QED) is 0.434. The van der Waals surface area contributed by atoms with Crippen LogP contribution in [0.2, 0.25) is 0 Å². The van der Waals surface area contributed by atoms with E-state index in [1.165, 1.54) is 4.90 Å². The van der Waals surface area contributed by atoms with Crippen molar-refractivity contribution in [3.8, 4) is 11.5 Å². The molecule has 0 atom stereocenters. The molecule has 0 radical (unpaired) electrons. The summed E-state index contributed by atoms with van der Waals surface area (Å²) in [5.74, 6) is 0.428. The molecule has 0 spiro atoms. The lowest BCUT2D eigenvalue weighted by Crippen LogP contribution is -2.32. The minimum absolute atomic E-state index is 0.224. The molecule has 174 valence electrons. The molecule has 0 unspecified atom stereocenters. The van der Waals surface area contributed by atoms with E-state index in [0.717, 1.165) is 12.0 Å². The normalized spacial score (nSPS) is 13.4. The van der Waals surface area contributed by atoms with Crippen LogP contribution >= 0.6 is 0 Å². The monoisotopic (exact) mass is 456 g/mol. The fourth-order valence-electron chi connectivity index (χ4n) is 3.91. The van der Waals surface area contributed by atoms with Gasteiger partial charge in [0.05, 0.1) is 24.5 Å². The Hall–Kier alpha value is -4.06. The van der Waals surface area contributed by atoms with Crippen molar-refractivity contribution in [3.63, 3.8) is 0 Å². The van der Waals surface area contributed by atoms with Gasteiger partial charge in [-0.25, -0.2) is 4.90 Å². The summed E-state index contributed by atoms with van der Waals surface area (Å²) < 4.78 is 11.4. The molecule has 1 N–H and O–H groups in total. The number of carbonyl (C=O) groups excluding carboxylic acids is 2. The van der Waals surface area contributed by atoms with Gasteiger partial charge in [-0.05, 0) is 55.7 Å². The standard InChI is InChI=1S/C28H28N2O4/c1-4-19-12-15-22(16-13-19)30-27(31)25(20-10-8-7-9-11-20)26(28(30)32)29-21-14-17-23(33-5-2)24(18-21)34-6-3/h7-18,29H,4-6H2,1-3H3. The Bertz CT molecular complexity index is 1220. The van der Waals surface area contributed by atoms with E-state index in [1.807, 2.05) is 68.4 Å². The molecule has 0 fully saturated rings. The highest BCUT2D eigenvalue weighted by molar-refractivity contribution is 6.46. The molecule has 6 nitrogen and oxygen atoms in total. The first-order valence-electron chi connectivity index (χ1n) is 11.5. The Morgan fingerprint density at radius 2 is 1.44 bits per heavy atom. The van der Waals surface area contributed by atoms with E-state index < -0.39 is 5.91 Å². The Morgan fingerprint density at radius 3 is 2.09 bits per heavy atom. The minimum atomic E-state index is -0.403. The van der Waals surface area contributed by atoms with Crippen molar-refractivity contribution in [1.82, 2.24) is 0 Å². The van der Waals surface area contributed by atoms with Crippen LogP contribution in [0.15, 0.2) is 78.5 Å². The summed E-state index contributed by atoms with van der Waals surface area (Å²) in [6.45, 7) is 6.84. The SMILES string of the molecule is CCOc1ccc(NC2=C(c3ccccc3)C(=O)N(c3ccc(CC)cc3)C2=O)cc1OCC. The highest BCUT2D eigenvalue weighted by atomic mass is 16.5. The van der Waals surface area contributed by atoms with Crippen molar-refractivity contribution >= 4 is 28.8 Å². The summed E-state index contributed by atoms with van der Waals surface area (Å²) in [7, 11) is 0. The van der Waals surface area contributed by atoms with Crippen molar-refractivity contribution in [2.24, 2.45) is 0 Å². The van der Waals surface area contributed by atoms with Crippen LogP contribution in [0.4, 0.5) is 11.4 Å². The first kappa shape index (κ1) is 23.1. The Labute approximate surface area is 199 Å². The first-order valence-corrected chi connectivity index (χ1v) is 11.5. The molecule has 2 amide bonds. The van der Waals surface area contributed by atoms with Gasteiger partial charge in [-0.1, -0.05) is 49.4 Å². The third-order valence-electron chi connectivity index (χ3n) is 5.56. The summed E-state index contributed by atoms with van der Waals surface area (Å²) in [5.41, 5.74) is 3.53. The third kappa shape index (κ3) is 4.53. The summed E-state index contributed by atoms with van der Waals surface area (Å²) in [5, 5.41) is 3.19. The molecule has 1 aliphatic rings. The predicted molar refractivity (Wildman–Crippen MR) is 134 cm³/mol. The van der Waals surface area contributed by atoms with Gasteiger partial charge in [0.25, 0.3) is 11.8 Å². The molecule has 4 rings (SSSR count). The fourth-order valence-corrected chi connectivity index (χ4v) is 3.91. The van der Waals surface area contributed by atoms with Gasteiger partial charge in [0.2, 0.25) is 0 Å². The topological polar surface area (TPSA) is 67.9 Å². The Kier molecular flexibility index (Phi) is 6.97. The van der Waals surface area contributed by atoms with Crippen molar-refractivity contribution in [1.29, 1.82) is 0 Å². The number of benzene rings is 3. The van der Waals surface area contributed by atoms with Gasteiger partial charge < -0.3 is 14.8 Å². The lowest BCUT2D eigenvalue weighted by molar-refractivity contribution is -0.120. The van der Waals surface area contributed by atoms with Crippen molar-refractivity contribution < 1.29 is 19.1 Å². The van der Waals surface area contributed by atoms with Gasteiger partial charge in [0.1, 0.15) is 5.70 Å². The lowest BCUT2D eigenvalue weighted by Gasteiger charge is -2.16. The summed E-state index contributed by atoms with van der Waals surface area (Å²) in [4.78, 5) is 28.3. The number of nitrogens with zero attached hydrogens (tertiary/aromatic N) is 1. The minimum Gasteiger partial charge on any atom is -0.490 e. The van der Waals surface area contributed by atoms with E-state index in [9.17, 15) is 9.59 Å². The van der Waals surface area contributed by atoms with E-state index in [-0.39, 0.29) is 11.6 Å². The van der Waals surface area contributed by atoms with Crippen LogP contribution in [0.5, 0.6) is 11.5 Å². The molecule has 34 heavy (non-hydrogen) atoms. The zero-order valence-corrected chi connectivity index (χ0v) is 19.6. The zero-order chi connectivity index (χ0) is 24.1. The van der Waals surface area contributed by atoms with Gasteiger partial charge in [-0.15, -0.1) is 0 Å². The number of carbonyl (C=O) groups is 2. The molecule has 3 aromatic rings. The second-order valence-corrected chi connectivity index (χ2v) is 7.73. The Balaban J connectivity index is 1.75. The van der Waals surface area contributed by atoms with E-state index in [2.05, 4.69) is 12.2 Å². The smallest absolute Gasteiger partial charge is 0.282 e. The second kappa shape index (κ2) is 10.3. The number of nitrogens with one attached hydrogen (secondary N) is 1. The van der Waals surface area contributed by atoms with E-state index in [0.29, 0.717) is 47.2 Å². The van der Waals surface area contributed by atoms with Gasteiger partial charge >= 0.3 is 0 Å². The number of amides is 2. The molecule has 0 aliphatic carbocycles. The van der Waals surface area contributed by atoms with Gasteiger partial charge in [0.15, 0.2) is 11.5 Å². The average Bonchev–Trinajstić information content (AvgIpc) is 3.10. The van der Waals surface area contributed by atoms with Crippen LogP contribution in [-0.2, 0) is 16.0 Å². The molecule has 6 heteroatoms. The third-order valence-corrected chi connectivity index (χ3v) is 5.56. The van der Waals surface area contributed by atoms with Crippen LogP contribution in [0.1, 0.15) is 31.9 Å². The number of hydrogen-bond donors (Lipinski definition) is 1. The fraction of sp³-hybridized carbons (Fsp3) is 0.214. The number of hydrogen-bond acceptors (Lipinski definition) is 5. The number of aryl methyl sites for hydroxylation is 1. The molecule has 1 heterocycles. The molecule has 0 saturated carbocycles. The van der Waals surface area contributed by atoms with Crippen molar-refractivity contribution in [3.05, 3.63) is 89.6 Å². The maximum atomic E-state index is 13.6. The number of ether oxygens (including phenoxy) is 2. The van der Waals surface area contributed by atoms with Gasteiger partial charge in [-0.2, -0.15) is 0 Å². The van der Waals surface area contributed by atoms with Crippen molar-refractivity contribution in [2.75, 3.05) is 23.4 Å². The maximum absolute atomic E-state index is 13.6. The summed E-state index contributed by atoms with van der Waals surface area (Å²) in [6, 6.07) is 22.1. The second-order valence-electron chi connectivity index (χ2n) is 7.73. The average molecular weight is 457 g/mol. The number of rotatable bonds is 9. The van der Waals surface area contributed by atoms with Crippen molar-refractivity contribution in [2.45, 2.75) is 27.2 Å². The van der Waals surface area contributed by atoms with Crippen LogP contribution in [0, 0.1) is 0 Å². The van der Waals surface area contributed by atoms with E-state index in [4.69, 9.17) is 9.47 Å². The zero-order valence-electron chi connectivity index (χ0n) is 19.6. The van der Waals surface area contributed by atoms with Crippen LogP contribution in [-0.4, -0.2) is 25.0 Å². The van der Waals surface area contributed by atoms with E-state index in [1.54, 1.807) is 18.2 Å². The largest absolute Gasteiger partial charge is 0.490 e. The number of imide groups is 1. The van der Waals surface area contributed by atoms with Crippen LogP contribution < -0.4 is 19.7 Å². The molecule has 0 bridgehead atoms. The van der Waals surface area contributed by atoms with Crippen LogP contribution in [0.25, 0.3) is 5.57 Å². The predicted octanol–water partition coefficient (Wildman–Crippen LogP) is 5.44. The number of anilines is 2. The van der Waals surface area contributed by atoms with Gasteiger partial charge in [-0.3, -0.25) is 9.59 Å². The highest BCUT2D eigenvalue weighted by Gasteiger charge is 2.40. The maximum Gasteiger partial charge on any atom is 0.282 e. The summed E-state index contributed by atoms with van der Waals surface area (Å²) >= 11 is 0. The van der Waals surface area contributed by atoms with Crippen LogP contribution in [0.3, 0.4) is 0 Å². The highest BCUT2D eigenvalue weighted by Crippen LogP contribution is 2.36. The summed E-state index contributed by atoms with van der Waals surface area (Å²) in [6.07, 6.45) is 0.877. The molecule has 0 saturated heterocycles. The molecule has 3 aromatic carbocycles. The molecule has 0 aromatic heterocycles. The molecular formula is C28H28N2O4. The van der Waals surface area contributed by atoms with E-state index >= 15 is 0 Å². The molecule has 1 aliphatic heterocycles. The first-order chi connectivity index (χ1) is 16.6. The lowest BCUT2D eigenvalue weighted by atomic mass is 10.0.